The van der Waals surface area contributed by atoms with Crippen LogP contribution in [0.15, 0.2) is 16.6 Å². The largest absolute Gasteiger partial charge is 0.299 e. The van der Waals surface area contributed by atoms with Crippen molar-refractivity contribution in [2.75, 3.05) is 13.1 Å². The molecule has 2 aliphatic rings. The third-order valence-corrected chi connectivity index (χ3v) is 5.33. The molecule has 98 valence electrons. The van der Waals surface area contributed by atoms with E-state index < -0.39 is 0 Å². The Morgan fingerprint density at radius 1 is 1.22 bits per heavy atom. The fourth-order valence-electron chi connectivity index (χ4n) is 2.91. The summed E-state index contributed by atoms with van der Waals surface area (Å²) in [6.45, 7) is 5.01. The van der Waals surface area contributed by atoms with Crippen LogP contribution >= 0.6 is 15.9 Å². The third kappa shape index (κ3) is 2.48. The summed E-state index contributed by atoms with van der Waals surface area (Å²) in [5, 5.41) is 0. The number of halogens is 2. The second-order valence-electron chi connectivity index (χ2n) is 5.97. The highest BCUT2D eigenvalue weighted by atomic mass is 79.9. The van der Waals surface area contributed by atoms with Gasteiger partial charge in [-0.15, -0.1) is 0 Å². The standard InChI is InChI=1S/C15H19BrFN/c1-11-8-13(16)12(9-14(11)17)10-18-6-4-15(2-3-15)5-7-18/h8-9H,2-7,10H2,1H3. The van der Waals surface area contributed by atoms with Gasteiger partial charge in [0.1, 0.15) is 5.82 Å². The Morgan fingerprint density at radius 3 is 2.50 bits per heavy atom. The van der Waals surface area contributed by atoms with E-state index in [1.165, 1.54) is 38.8 Å². The van der Waals surface area contributed by atoms with Gasteiger partial charge in [0.05, 0.1) is 0 Å². The summed E-state index contributed by atoms with van der Waals surface area (Å²) in [5.74, 6) is -0.0936. The summed E-state index contributed by atoms with van der Waals surface area (Å²) in [6.07, 6.45) is 5.53. The molecule has 1 aromatic rings. The van der Waals surface area contributed by atoms with Crippen molar-refractivity contribution in [3.63, 3.8) is 0 Å². The normalized spacial score (nSPS) is 22.4. The van der Waals surface area contributed by atoms with Crippen LogP contribution in [0.2, 0.25) is 0 Å². The van der Waals surface area contributed by atoms with Crippen LogP contribution in [0.25, 0.3) is 0 Å². The summed E-state index contributed by atoms with van der Waals surface area (Å²) in [5.41, 5.74) is 2.50. The van der Waals surface area contributed by atoms with E-state index >= 15 is 0 Å². The Bertz CT molecular complexity index is 458. The van der Waals surface area contributed by atoms with Gasteiger partial charge in [0, 0.05) is 11.0 Å². The van der Waals surface area contributed by atoms with Crippen LogP contribution in [0.3, 0.4) is 0 Å². The molecule has 0 amide bonds. The lowest BCUT2D eigenvalue weighted by molar-refractivity contribution is 0.165. The summed E-state index contributed by atoms with van der Waals surface area (Å²) >= 11 is 3.55. The van der Waals surface area contributed by atoms with Crippen molar-refractivity contribution in [1.82, 2.24) is 4.90 Å². The van der Waals surface area contributed by atoms with Gasteiger partial charge in [-0.2, -0.15) is 0 Å². The number of hydrogen-bond acceptors (Lipinski definition) is 1. The topological polar surface area (TPSA) is 3.24 Å². The van der Waals surface area contributed by atoms with Crippen molar-refractivity contribution in [2.45, 2.75) is 39.2 Å². The van der Waals surface area contributed by atoms with Crippen LogP contribution in [0, 0.1) is 18.2 Å². The van der Waals surface area contributed by atoms with Crippen molar-refractivity contribution >= 4 is 15.9 Å². The molecule has 1 saturated heterocycles. The van der Waals surface area contributed by atoms with E-state index in [1.54, 1.807) is 6.07 Å². The van der Waals surface area contributed by atoms with Crippen molar-refractivity contribution in [1.29, 1.82) is 0 Å². The molecule has 1 spiro atoms. The molecule has 1 saturated carbocycles. The van der Waals surface area contributed by atoms with Gasteiger partial charge >= 0.3 is 0 Å². The molecule has 18 heavy (non-hydrogen) atoms. The molecule has 1 heterocycles. The van der Waals surface area contributed by atoms with E-state index in [0.29, 0.717) is 11.0 Å². The number of hydrogen-bond donors (Lipinski definition) is 0. The molecule has 0 radical (unpaired) electrons. The van der Waals surface area contributed by atoms with Gasteiger partial charge in [0.2, 0.25) is 0 Å². The zero-order valence-electron chi connectivity index (χ0n) is 10.8. The Balaban J connectivity index is 1.67. The SMILES string of the molecule is Cc1cc(Br)c(CN2CCC3(CC2)CC3)cc1F. The number of likely N-dealkylation sites (tertiary alicyclic amines) is 1. The fraction of sp³-hybridized carbons (Fsp3) is 0.600. The fourth-order valence-corrected chi connectivity index (χ4v) is 3.50. The lowest BCUT2D eigenvalue weighted by Gasteiger charge is -2.32. The molecule has 0 unspecified atom stereocenters. The lowest BCUT2D eigenvalue weighted by atomic mass is 9.93. The Kier molecular flexibility index (Phi) is 3.23. The van der Waals surface area contributed by atoms with Crippen molar-refractivity contribution in [3.05, 3.63) is 33.5 Å². The molecular weight excluding hydrogens is 293 g/mol. The third-order valence-electron chi connectivity index (χ3n) is 4.60. The Labute approximate surface area is 116 Å². The molecule has 1 aliphatic carbocycles. The van der Waals surface area contributed by atoms with E-state index in [9.17, 15) is 4.39 Å². The van der Waals surface area contributed by atoms with Gasteiger partial charge in [-0.05, 0) is 74.4 Å². The maximum absolute atomic E-state index is 13.6. The zero-order valence-corrected chi connectivity index (χ0v) is 12.4. The number of rotatable bonds is 2. The minimum atomic E-state index is -0.0936. The average molecular weight is 312 g/mol. The molecule has 1 nitrogen and oxygen atoms in total. The predicted molar refractivity (Wildman–Crippen MR) is 75.0 cm³/mol. The van der Waals surface area contributed by atoms with E-state index in [2.05, 4.69) is 20.8 Å². The predicted octanol–water partition coefficient (Wildman–Crippen LogP) is 4.27. The lowest BCUT2D eigenvalue weighted by Crippen LogP contribution is -2.34. The molecule has 0 bridgehead atoms. The van der Waals surface area contributed by atoms with Gasteiger partial charge < -0.3 is 0 Å². The number of nitrogens with zero attached hydrogens (tertiary/aromatic N) is 1. The van der Waals surface area contributed by atoms with E-state index in [4.69, 9.17) is 0 Å². The van der Waals surface area contributed by atoms with Crippen molar-refractivity contribution in [2.24, 2.45) is 5.41 Å². The zero-order chi connectivity index (χ0) is 12.8. The Hall–Kier alpha value is -0.410. The average Bonchev–Trinajstić information content (AvgIpc) is 3.09. The van der Waals surface area contributed by atoms with Crippen molar-refractivity contribution < 1.29 is 4.39 Å². The summed E-state index contributed by atoms with van der Waals surface area (Å²) in [7, 11) is 0. The van der Waals surface area contributed by atoms with Crippen LogP contribution in [0.1, 0.15) is 36.8 Å². The molecule has 0 aromatic heterocycles. The van der Waals surface area contributed by atoms with E-state index in [0.717, 1.165) is 16.6 Å². The van der Waals surface area contributed by atoms with Gasteiger partial charge in [0.15, 0.2) is 0 Å². The maximum atomic E-state index is 13.6. The second-order valence-corrected chi connectivity index (χ2v) is 6.82. The van der Waals surface area contributed by atoms with Crippen LogP contribution in [0.5, 0.6) is 0 Å². The molecular formula is C15H19BrFN. The van der Waals surface area contributed by atoms with Gasteiger partial charge in [-0.3, -0.25) is 4.90 Å². The maximum Gasteiger partial charge on any atom is 0.126 e. The van der Waals surface area contributed by atoms with Crippen molar-refractivity contribution in [3.8, 4) is 0 Å². The minimum absolute atomic E-state index is 0.0936. The summed E-state index contributed by atoms with van der Waals surface area (Å²) in [4.78, 5) is 2.46. The molecule has 3 rings (SSSR count). The highest BCUT2D eigenvalue weighted by Gasteiger charge is 2.44. The van der Waals surface area contributed by atoms with Gasteiger partial charge in [0.25, 0.3) is 0 Å². The summed E-state index contributed by atoms with van der Waals surface area (Å²) < 4.78 is 14.6. The molecule has 3 heteroatoms. The van der Waals surface area contributed by atoms with Crippen LogP contribution in [-0.2, 0) is 6.54 Å². The van der Waals surface area contributed by atoms with Crippen LogP contribution in [0.4, 0.5) is 4.39 Å². The molecule has 0 N–H and O–H groups in total. The first-order chi connectivity index (χ1) is 8.58. The minimum Gasteiger partial charge on any atom is -0.299 e. The smallest absolute Gasteiger partial charge is 0.126 e. The van der Waals surface area contributed by atoms with Gasteiger partial charge in [-0.1, -0.05) is 15.9 Å². The van der Waals surface area contributed by atoms with E-state index in [1.807, 2.05) is 13.0 Å². The molecule has 0 atom stereocenters. The van der Waals surface area contributed by atoms with E-state index in [-0.39, 0.29) is 5.82 Å². The summed E-state index contributed by atoms with van der Waals surface area (Å²) in [6, 6.07) is 3.57. The van der Waals surface area contributed by atoms with Gasteiger partial charge in [-0.25, -0.2) is 4.39 Å². The highest BCUT2D eigenvalue weighted by Crippen LogP contribution is 2.53. The monoisotopic (exact) mass is 311 g/mol. The Morgan fingerprint density at radius 2 is 1.89 bits per heavy atom. The number of aryl methyl sites for hydroxylation is 1. The van der Waals surface area contributed by atoms with Crippen LogP contribution < -0.4 is 0 Å². The number of piperidine rings is 1. The first-order valence-corrected chi connectivity index (χ1v) is 7.54. The quantitative estimate of drug-likeness (QED) is 0.788. The molecule has 2 fully saturated rings. The first-order valence-electron chi connectivity index (χ1n) is 6.75. The molecule has 1 aromatic carbocycles. The van der Waals surface area contributed by atoms with Crippen LogP contribution in [-0.4, -0.2) is 18.0 Å². The molecule has 1 aliphatic heterocycles. The second kappa shape index (κ2) is 4.61. The number of benzene rings is 1. The highest BCUT2D eigenvalue weighted by molar-refractivity contribution is 9.10. The first kappa shape index (κ1) is 12.6.